The molecule has 2 aromatic rings. The summed E-state index contributed by atoms with van der Waals surface area (Å²) >= 11 is 0. The van der Waals surface area contributed by atoms with Gasteiger partial charge in [0.1, 0.15) is 0 Å². The van der Waals surface area contributed by atoms with E-state index < -0.39 is 37.1 Å². The van der Waals surface area contributed by atoms with Gasteiger partial charge in [0.25, 0.3) is 5.69 Å². The number of carbonyl (C=O) groups is 1. The van der Waals surface area contributed by atoms with Crippen LogP contribution in [0.4, 0.5) is 5.69 Å². The minimum Gasteiger partial charge on any atom is -0.478 e. The summed E-state index contributed by atoms with van der Waals surface area (Å²) in [6.07, 6.45) is 0.378. The van der Waals surface area contributed by atoms with Crippen LogP contribution in [-0.4, -0.2) is 24.4 Å². The number of nitro benzene ring substituents is 1. The average molecular weight is 350 g/mol. The van der Waals surface area contributed by atoms with Crippen molar-refractivity contribution in [2.45, 2.75) is 17.7 Å². The first-order valence-electron chi connectivity index (χ1n) is 6.81. The standard InChI is InChI=1S/C15H14N2O6S/c16-24(22,23)14-9-11(15(18)19)8-13(17(20)21)12(14)7-6-10-4-2-1-3-5-10/h1-5,8-9H,6-7H2,(H,18,19)(H2,16,22,23). The smallest absolute Gasteiger partial charge is 0.335 e. The largest absolute Gasteiger partial charge is 0.478 e. The molecule has 8 nitrogen and oxygen atoms in total. The fourth-order valence-electron chi connectivity index (χ4n) is 2.34. The van der Waals surface area contributed by atoms with Crippen LogP contribution in [-0.2, 0) is 22.9 Å². The molecule has 0 aliphatic rings. The third-order valence-electron chi connectivity index (χ3n) is 3.44. The fraction of sp³-hybridized carbons (Fsp3) is 0.133. The van der Waals surface area contributed by atoms with Crippen LogP contribution in [0.1, 0.15) is 21.5 Å². The lowest BCUT2D eigenvalue weighted by Gasteiger charge is -2.10. The number of hydrogen-bond donors (Lipinski definition) is 2. The number of nitro groups is 1. The van der Waals surface area contributed by atoms with E-state index in [9.17, 15) is 23.3 Å². The highest BCUT2D eigenvalue weighted by Gasteiger charge is 2.26. The van der Waals surface area contributed by atoms with Crippen LogP contribution >= 0.6 is 0 Å². The number of aromatic carboxylic acids is 1. The zero-order valence-corrected chi connectivity index (χ0v) is 13.2. The van der Waals surface area contributed by atoms with Crippen molar-refractivity contribution in [2.24, 2.45) is 5.14 Å². The summed E-state index contributed by atoms with van der Waals surface area (Å²) in [6.45, 7) is 0. The number of nitrogens with two attached hydrogens (primary N) is 1. The molecule has 0 aliphatic heterocycles. The highest BCUT2D eigenvalue weighted by atomic mass is 32.2. The lowest BCUT2D eigenvalue weighted by Crippen LogP contribution is -2.17. The van der Waals surface area contributed by atoms with Gasteiger partial charge in [-0.1, -0.05) is 30.3 Å². The Labute approximate surface area is 137 Å². The molecule has 2 aromatic carbocycles. The Kier molecular flexibility index (Phi) is 4.96. The van der Waals surface area contributed by atoms with Crippen LogP contribution in [0.25, 0.3) is 0 Å². The van der Waals surface area contributed by atoms with Gasteiger partial charge in [-0.3, -0.25) is 10.1 Å². The predicted molar refractivity (Wildman–Crippen MR) is 85.3 cm³/mol. The minimum atomic E-state index is -4.32. The van der Waals surface area contributed by atoms with Gasteiger partial charge in [0.15, 0.2) is 0 Å². The summed E-state index contributed by atoms with van der Waals surface area (Å²) in [6, 6.07) is 10.7. The van der Waals surface area contributed by atoms with Gasteiger partial charge in [0.05, 0.1) is 20.9 Å². The molecule has 0 saturated carbocycles. The summed E-state index contributed by atoms with van der Waals surface area (Å²) in [5.41, 5.74) is -0.324. The number of benzene rings is 2. The molecule has 0 aliphatic carbocycles. The number of carboxylic acid groups (broad SMARTS) is 1. The van der Waals surface area contributed by atoms with Crippen LogP contribution < -0.4 is 5.14 Å². The molecule has 9 heteroatoms. The maximum Gasteiger partial charge on any atom is 0.335 e. The first kappa shape index (κ1) is 17.6. The van der Waals surface area contributed by atoms with Gasteiger partial charge in [-0.05, 0) is 24.5 Å². The van der Waals surface area contributed by atoms with E-state index in [4.69, 9.17) is 10.2 Å². The van der Waals surface area contributed by atoms with Crippen molar-refractivity contribution in [3.05, 3.63) is 69.3 Å². The molecule has 0 bridgehead atoms. The summed E-state index contributed by atoms with van der Waals surface area (Å²) in [7, 11) is -4.32. The van der Waals surface area contributed by atoms with Crippen molar-refractivity contribution < 1.29 is 23.2 Å². The Morgan fingerprint density at radius 3 is 2.29 bits per heavy atom. The van der Waals surface area contributed by atoms with Crippen molar-refractivity contribution in [1.82, 2.24) is 0 Å². The van der Waals surface area contributed by atoms with E-state index in [0.29, 0.717) is 6.42 Å². The second-order valence-corrected chi connectivity index (χ2v) is 6.59. The molecule has 0 unspecified atom stereocenters. The average Bonchev–Trinajstić information content (AvgIpc) is 2.52. The van der Waals surface area contributed by atoms with Crippen LogP contribution in [0.5, 0.6) is 0 Å². The summed E-state index contributed by atoms with van der Waals surface area (Å²) in [5, 5.41) is 25.4. The van der Waals surface area contributed by atoms with E-state index in [1.807, 2.05) is 6.07 Å². The minimum absolute atomic E-state index is 0.0337. The number of rotatable bonds is 6. The topological polar surface area (TPSA) is 141 Å². The van der Waals surface area contributed by atoms with E-state index in [1.54, 1.807) is 24.3 Å². The molecule has 0 fully saturated rings. The third-order valence-corrected chi connectivity index (χ3v) is 4.42. The van der Waals surface area contributed by atoms with Gasteiger partial charge in [-0.25, -0.2) is 18.4 Å². The first-order chi connectivity index (χ1) is 11.2. The van der Waals surface area contributed by atoms with Crippen molar-refractivity contribution >= 4 is 21.7 Å². The lowest BCUT2D eigenvalue weighted by atomic mass is 10.0. The van der Waals surface area contributed by atoms with Crippen LogP contribution in [0.3, 0.4) is 0 Å². The van der Waals surface area contributed by atoms with Crippen LogP contribution in [0, 0.1) is 10.1 Å². The normalized spacial score (nSPS) is 11.2. The van der Waals surface area contributed by atoms with Gasteiger partial charge >= 0.3 is 5.97 Å². The SMILES string of the molecule is NS(=O)(=O)c1cc(C(=O)O)cc([N+](=O)[O-])c1CCc1ccccc1. The van der Waals surface area contributed by atoms with E-state index >= 15 is 0 Å². The van der Waals surface area contributed by atoms with E-state index in [0.717, 1.165) is 17.7 Å². The van der Waals surface area contributed by atoms with Gasteiger partial charge in [0, 0.05) is 6.07 Å². The molecular formula is C15H14N2O6S. The number of primary sulfonamides is 1. The molecule has 2 rings (SSSR count). The molecule has 0 saturated heterocycles. The molecule has 0 heterocycles. The molecule has 3 N–H and O–H groups in total. The number of carboxylic acids is 1. The molecule has 0 amide bonds. The second-order valence-electron chi connectivity index (χ2n) is 5.06. The van der Waals surface area contributed by atoms with Gasteiger partial charge in [0.2, 0.25) is 10.0 Å². The van der Waals surface area contributed by atoms with Gasteiger partial charge in [-0.15, -0.1) is 0 Å². The fourth-order valence-corrected chi connectivity index (χ4v) is 3.18. The summed E-state index contributed by atoms with van der Waals surface area (Å²) in [4.78, 5) is 21.0. The zero-order valence-electron chi connectivity index (χ0n) is 12.4. The second kappa shape index (κ2) is 6.77. The molecule has 0 spiro atoms. The predicted octanol–water partition coefficient (Wildman–Crippen LogP) is 1.73. The van der Waals surface area contributed by atoms with Crippen molar-refractivity contribution in [1.29, 1.82) is 0 Å². The maximum absolute atomic E-state index is 11.8. The van der Waals surface area contributed by atoms with Gasteiger partial charge < -0.3 is 5.11 Å². The number of aryl methyl sites for hydroxylation is 1. The Morgan fingerprint density at radius 1 is 1.17 bits per heavy atom. The van der Waals surface area contributed by atoms with Crippen LogP contribution in [0.2, 0.25) is 0 Å². The monoisotopic (exact) mass is 350 g/mol. The van der Waals surface area contributed by atoms with Gasteiger partial charge in [-0.2, -0.15) is 0 Å². The maximum atomic E-state index is 11.8. The number of nitrogens with zero attached hydrogens (tertiary/aromatic N) is 1. The Bertz CT molecular complexity index is 894. The molecular weight excluding hydrogens is 336 g/mol. The Hall–Kier alpha value is -2.78. The van der Waals surface area contributed by atoms with E-state index in [2.05, 4.69) is 0 Å². The molecule has 0 atom stereocenters. The first-order valence-corrected chi connectivity index (χ1v) is 8.36. The summed E-state index contributed by atoms with van der Waals surface area (Å²) in [5.74, 6) is -1.47. The molecule has 0 radical (unpaired) electrons. The zero-order chi connectivity index (χ0) is 17.9. The van der Waals surface area contributed by atoms with Crippen molar-refractivity contribution in [3.8, 4) is 0 Å². The number of sulfonamides is 1. The number of hydrogen-bond acceptors (Lipinski definition) is 5. The molecule has 24 heavy (non-hydrogen) atoms. The highest BCUT2D eigenvalue weighted by molar-refractivity contribution is 7.89. The third kappa shape index (κ3) is 3.94. The Morgan fingerprint density at radius 2 is 1.79 bits per heavy atom. The highest BCUT2D eigenvalue weighted by Crippen LogP contribution is 2.29. The Balaban J connectivity index is 2.58. The van der Waals surface area contributed by atoms with Crippen LogP contribution in [0.15, 0.2) is 47.4 Å². The molecule has 126 valence electrons. The van der Waals surface area contributed by atoms with Crippen molar-refractivity contribution in [2.75, 3.05) is 0 Å². The molecule has 0 aromatic heterocycles. The summed E-state index contributed by atoms with van der Waals surface area (Å²) < 4.78 is 23.6. The van der Waals surface area contributed by atoms with E-state index in [1.165, 1.54) is 0 Å². The lowest BCUT2D eigenvalue weighted by molar-refractivity contribution is -0.385. The quantitative estimate of drug-likeness (QED) is 0.600. The van der Waals surface area contributed by atoms with E-state index in [-0.39, 0.29) is 12.0 Å². The van der Waals surface area contributed by atoms with Crippen molar-refractivity contribution in [3.63, 3.8) is 0 Å².